The number of nitrogen functional groups attached to an aromatic ring is 1. The van der Waals surface area contributed by atoms with E-state index < -0.39 is 0 Å². The van der Waals surface area contributed by atoms with Gasteiger partial charge in [-0.2, -0.15) is 0 Å². The molecule has 0 radical (unpaired) electrons. The van der Waals surface area contributed by atoms with Crippen molar-refractivity contribution in [2.45, 2.75) is 20.3 Å². The Bertz CT molecular complexity index is 463. The van der Waals surface area contributed by atoms with Crippen molar-refractivity contribution in [1.29, 1.82) is 0 Å². The van der Waals surface area contributed by atoms with Gasteiger partial charge in [-0.05, 0) is 36.5 Å². The number of nitrogens with zero attached hydrogens (tertiary/aromatic N) is 1. The van der Waals surface area contributed by atoms with Crippen LogP contribution in [0.3, 0.4) is 0 Å². The molecule has 104 valence electrons. The van der Waals surface area contributed by atoms with Crippen molar-refractivity contribution < 1.29 is 9.53 Å². The molecule has 4 nitrogen and oxygen atoms in total. The number of rotatable bonds is 2. The summed E-state index contributed by atoms with van der Waals surface area (Å²) in [5.74, 6) is 0.967. The second-order valence-electron chi connectivity index (χ2n) is 5.62. The zero-order valence-electron chi connectivity index (χ0n) is 11.8. The van der Waals surface area contributed by atoms with Crippen LogP contribution in [-0.4, -0.2) is 26.2 Å². The molecule has 2 N–H and O–H groups in total. The summed E-state index contributed by atoms with van der Waals surface area (Å²) in [6.45, 7) is 6.48. The van der Waals surface area contributed by atoms with Crippen LogP contribution in [-0.2, 0) is 4.74 Å². The molecule has 2 atom stereocenters. The van der Waals surface area contributed by atoms with Gasteiger partial charge < -0.3 is 15.4 Å². The number of ether oxygens (including phenoxy) is 1. The quantitative estimate of drug-likeness (QED) is 0.657. The molecule has 1 aliphatic heterocycles. The summed E-state index contributed by atoms with van der Waals surface area (Å²) in [5, 5.41) is 0. The predicted octanol–water partition coefficient (Wildman–Crippen LogP) is 2.54. The third-order valence-electron chi connectivity index (χ3n) is 3.66. The van der Waals surface area contributed by atoms with Crippen molar-refractivity contribution in [1.82, 2.24) is 0 Å². The molecule has 1 heterocycles. The third-order valence-corrected chi connectivity index (χ3v) is 3.66. The van der Waals surface area contributed by atoms with Crippen LogP contribution < -0.4 is 10.6 Å². The zero-order valence-corrected chi connectivity index (χ0v) is 11.8. The Balaban J connectivity index is 2.30. The number of esters is 1. The van der Waals surface area contributed by atoms with Crippen LogP contribution in [0.5, 0.6) is 0 Å². The molecule has 1 aromatic carbocycles. The number of benzene rings is 1. The number of nitrogens with two attached hydrogens (primary N) is 1. The van der Waals surface area contributed by atoms with Crippen LogP contribution in [0, 0.1) is 11.8 Å². The minimum Gasteiger partial charge on any atom is -0.465 e. The van der Waals surface area contributed by atoms with E-state index in [-0.39, 0.29) is 5.97 Å². The molecule has 1 aliphatic rings. The van der Waals surface area contributed by atoms with E-state index in [1.54, 1.807) is 12.1 Å². The molecule has 4 heteroatoms. The molecule has 0 saturated carbocycles. The van der Waals surface area contributed by atoms with Gasteiger partial charge in [0.25, 0.3) is 0 Å². The Morgan fingerprint density at radius 2 is 1.95 bits per heavy atom. The van der Waals surface area contributed by atoms with Crippen LogP contribution in [0.1, 0.15) is 30.6 Å². The van der Waals surface area contributed by atoms with E-state index in [2.05, 4.69) is 18.7 Å². The number of hydrogen-bond acceptors (Lipinski definition) is 4. The van der Waals surface area contributed by atoms with Crippen LogP contribution in [0.2, 0.25) is 0 Å². The number of methoxy groups -OCH3 is 1. The third kappa shape index (κ3) is 3.00. The smallest absolute Gasteiger partial charge is 0.337 e. The Morgan fingerprint density at radius 1 is 1.32 bits per heavy atom. The molecule has 1 saturated heterocycles. The maximum absolute atomic E-state index is 11.6. The van der Waals surface area contributed by atoms with Crippen molar-refractivity contribution in [3.05, 3.63) is 23.8 Å². The van der Waals surface area contributed by atoms with E-state index in [9.17, 15) is 4.79 Å². The van der Waals surface area contributed by atoms with Gasteiger partial charge in [0.1, 0.15) is 0 Å². The maximum Gasteiger partial charge on any atom is 0.337 e. The molecule has 0 spiro atoms. The largest absolute Gasteiger partial charge is 0.465 e. The molecule has 1 fully saturated rings. The predicted molar refractivity (Wildman–Crippen MR) is 77.4 cm³/mol. The zero-order chi connectivity index (χ0) is 14.0. The van der Waals surface area contributed by atoms with E-state index in [1.807, 2.05) is 6.07 Å². The van der Waals surface area contributed by atoms with Crippen LogP contribution in [0.15, 0.2) is 18.2 Å². The summed E-state index contributed by atoms with van der Waals surface area (Å²) in [7, 11) is 1.39. The summed E-state index contributed by atoms with van der Waals surface area (Å²) in [6, 6.07) is 5.33. The van der Waals surface area contributed by atoms with Gasteiger partial charge >= 0.3 is 5.97 Å². The highest BCUT2D eigenvalue weighted by Crippen LogP contribution is 2.31. The average Bonchev–Trinajstić information content (AvgIpc) is 2.37. The fourth-order valence-electron chi connectivity index (χ4n) is 2.92. The minimum absolute atomic E-state index is 0.320. The average molecular weight is 262 g/mol. The van der Waals surface area contributed by atoms with Crippen molar-refractivity contribution >= 4 is 17.3 Å². The van der Waals surface area contributed by atoms with Crippen molar-refractivity contribution in [3.8, 4) is 0 Å². The van der Waals surface area contributed by atoms with E-state index in [1.165, 1.54) is 13.5 Å². The highest BCUT2D eigenvalue weighted by Gasteiger charge is 2.23. The molecule has 0 aliphatic carbocycles. The van der Waals surface area contributed by atoms with E-state index in [4.69, 9.17) is 10.5 Å². The summed E-state index contributed by atoms with van der Waals surface area (Å²) >= 11 is 0. The number of anilines is 2. The molecule has 0 aromatic heterocycles. The molecule has 2 rings (SSSR count). The lowest BCUT2D eigenvalue weighted by Crippen LogP contribution is -2.39. The molecule has 1 aromatic rings. The summed E-state index contributed by atoms with van der Waals surface area (Å²) in [5.41, 5.74) is 8.27. The molecule has 0 bridgehead atoms. The Morgan fingerprint density at radius 3 is 2.53 bits per heavy atom. The molecule has 0 amide bonds. The second kappa shape index (κ2) is 5.51. The van der Waals surface area contributed by atoms with Gasteiger partial charge in [-0.15, -0.1) is 0 Å². The highest BCUT2D eigenvalue weighted by molar-refractivity contribution is 5.92. The van der Waals surface area contributed by atoms with Crippen LogP contribution >= 0.6 is 0 Å². The standard InChI is InChI=1S/C15H22N2O2/c1-10-6-11(2)9-17(8-10)14-7-12(15(18)19-3)4-5-13(14)16/h4-5,7,10-11H,6,8-9,16H2,1-3H3. The summed E-state index contributed by atoms with van der Waals surface area (Å²) in [4.78, 5) is 13.9. The van der Waals surface area contributed by atoms with Gasteiger partial charge in [-0.3, -0.25) is 0 Å². The first-order valence-corrected chi connectivity index (χ1v) is 6.74. The second-order valence-corrected chi connectivity index (χ2v) is 5.62. The monoisotopic (exact) mass is 262 g/mol. The molecular weight excluding hydrogens is 240 g/mol. The van der Waals surface area contributed by atoms with Gasteiger partial charge in [0, 0.05) is 13.1 Å². The van der Waals surface area contributed by atoms with E-state index in [0.717, 1.165) is 18.8 Å². The molecular formula is C15H22N2O2. The normalized spacial score (nSPS) is 23.2. The lowest BCUT2D eigenvalue weighted by molar-refractivity contribution is 0.0601. The van der Waals surface area contributed by atoms with Crippen molar-refractivity contribution in [2.75, 3.05) is 30.8 Å². The fourth-order valence-corrected chi connectivity index (χ4v) is 2.92. The fraction of sp³-hybridized carbons (Fsp3) is 0.533. The molecule has 2 unspecified atom stereocenters. The van der Waals surface area contributed by atoms with Gasteiger partial charge in [-0.1, -0.05) is 13.8 Å². The number of carbonyl (C=O) groups excluding carboxylic acids is 1. The Kier molecular flexibility index (Phi) is 3.98. The lowest BCUT2D eigenvalue weighted by atomic mass is 9.91. The van der Waals surface area contributed by atoms with Gasteiger partial charge in [0.15, 0.2) is 0 Å². The summed E-state index contributed by atoms with van der Waals surface area (Å²) in [6.07, 6.45) is 1.24. The SMILES string of the molecule is COC(=O)c1ccc(N)c(N2CC(C)CC(C)C2)c1. The maximum atomic E-state index is 11.6. The van der Waals surface area contributed by atoms with Gasteiger partial charge in [0.2, 0.25) is 0 Å². The Hall–Kier alpha value is -1.71. The first-order valence-electron chi connectivity index (χ1n) is 6.74. The van der Waals surface area contributed by atoms with Crippen LogP contribution in [0.4, 0.5) is 11.4 Å². The molecule has 19 heavy (non-hydrogen) atoms. The first-order chi connectivity index (χ1) is 9.01. The van der Waals surface area contributed by atoms with Gasteiger partial charge in [0.05, 0.1) is 24.0 Å². The van der Waals surface area contributed by atoms with Gasteiger partial charge in [-0.25, -0.2) is 4.79 Å². The number of piperidine rings is 1. The highest BCUT2D eigenvalue weighted by atomic mass is 16.5. The van der Waals surface area contributed by atoms with E-state index in [0.29, 0.717) is 23.1 Å². The van der Waals surface area contributed by atoms with Crippen LogP contribution in [0.25, 0.3) is 0 Å². The Labute approximate surface area is 114 Å². The number of hydrogen-bond donors (Lipinski definition) is 1. The topological polar surface area (TPSA) is 55.6 Å². The van der Waals surface area contributed by atoms with E-state index >= 15 is 0 Å². The first kappa shape index (κ1) is 13.7. The number of carbonyl (C=O) groups is 1. The van der Waals surface area contributed by atoms with Crippen molar-refractivity contribution in [3.63, 3.8) is 0 Å². The summed E-state index contributed by atoms with van der Waals surface area (Å²) < 4.78 is 4.76. The lowest BCUT2D eigenvalue weighted by Gasteiger charge is -2.37. The van der Waals surface area contributed by atoms with Crippen molar-refractivity contribution in [2.24, 2.45) is 11.8 Å². The minimum atomic E-state index is -0.320.